The minimum atomic E-state index is 0.754. The van der Waals surface area contributed by atoms with E-state index in [9.17, 15) is 0 Å². The second-order valence-electron chi connectivity index (χ2n) is 6.01. The highest BCUT2D eigenvalue weighted by molar-refractivity contribution is 5.68. The second kappa shape index (κ2) is 8.61. The van der Waals surface area contributed by atoms with Crippen molar-refractivity contribution in [1.82, 2.24) is 0 Å². The lowest BCUT2D eigenvalue weighted by molar-refractivity contribution is 0.307. The summed E-state index contributed by atoms with van der Waals surface area (Å²) in [6, 6.07) is 12.8. The van der Waals surface area contributed by atoms with E-state index in [0.29, 0.717) is 0 Å². The van der Waals surface area contributed by atoms with Gasteiger partial charge in [0.25, 0.3) is 0 Å². The Morgan fingerprint density at radius 2 is 1.22 bits per heavy atom. The van der Waals surface area contributed by atoms with Crippen LogP contribution < -0.4 is 9.47 Å². The summed E-state index contributed by atoms with van der Waals surface area (Å²) in [4.78, 5) is 0. The zero-order valence-corrected chi connectivity index (χ0v) is 14.8. The van der Waals surface area contributed by atoms with Gasteiger partial charge in [0.2, 0.25) is 0 Å². The molecule has 0 radical (unpaired) electrons. The largest absolute Gasteiger partial charge is 0.493 e. The fourth-order valence-corrected chi connectivity index (χ4v) is 2.41. The van der Waals surface area contributed by atoms with Gasteiger partial charge in [-0.3, -0.25) is 0 Å². The molecule has 124 valence electrons. The third kappa shape index (κ3) is 4.75. The van der Waals surface area contributed by atoms with Crippen LogP contribution in [0.5, 0.6) is 11.5 Å². The molecule has 23 heavy (non-hydrogen) atoms. The van der Waals surface area contributed by atoms with Gasteiger partial charge in [-0.2, -0.15) is 0 Å². The first-order valence-corrected chi connectivity index (χ1v) is 8.63. The Morgan fingerprint density at radius 1 is 0.696 bits per heavy atom. The van der Waals surface area contributed by atoms with E-state index in [1.165, 1.54) is 22.3 Å². The van der Waals surface area contributed by atoms with Crippen LogP contribution in [-0.2, 0) is 0 Å². The van der Waals surface area contributed by atoms with Gasteiger partial charge in [-0.15, -0.1) is 0 Å². The Morgan fingerprint density at radius 3 is 1.70 bits per heavy atom. The normalized spacial score (nSPS) is 10.6. The lowest BCUT2D eigenvalue weighted by atomic mass is 10.0. The highest BCUT2D eigenvalue weighted by Gasteiger charge is 2.07. The fraction of sp³-hybridized carbons (Fsp3) is 0.429. The maximum Gasteiger partial charge on any atom is 0.122 e. The minimum Gasteiger partial charge on any atom is -0.493 e. The first-order valence-electron chi connectivity index (χ1n) is 8.63. The molecule has 2 heteroatoms. The van der Waals surface area contributed by atoms with E-state index >= 15 is 0 Å². The summed E-state index contributed by atoms with van der Waals surface area (Å²) in [5.74, 6) is 1.95. The first-order chi connectivity index (χ1) is 11.2. The third-order valence-corrected chi connectivity index (χ3v) is 3.93. The number of benzene rings is 2. The molecule has 2 rings (SSSR count). The SMILES string of the molecule is CCCCOc1cc(-c2ccc(C)c(OCCC)c2)ccc1C. The van der Waals surface area contributed by atoms with Crippen LogP contribution in [0.15, 0.2) is 36.4 Å². The van der Waals surface area contributed by atoms with E-state index in [0.717, 1.165) is 44.0 Å². The summed E-state index contributed by atoms with van der Waals surface area (Å²) in [5, 5.41) is 0. The Hall–Kier alpha value is -1.96. The van der Waals surface area contributed by atoms with Crippen molar-refractivity contribution in [2.75, 3.05) is 13.2 Å². The molecule has 2 nitrogen and oxygen atoms in total. The predicted molar refractivity (Wildman–Crippen MR) is 97.5 cm³/mol. The molecule has 0 spiro atoms. The topological polar surface area (TPSA) is 18.5 Å². The summed E-state index contributed by atoms with van der Waals surface area (Å²) in [5.41, 5.74) is 4.69. The molecule has 2 aromatic carbocycles. The Balaban J connectivity index is 2.25. The minimum absolute atomic E-state index is 0.754. The highest BCUT2D eigenvalue weighted by Crippen LogP contribution is 2.31. The van der Waals surface area contributed by atoms with Crippen LogP contribution in [0.4, 0.5) is 0 Å². The lowest BCUT2D eigenvalue weighted by Gasteiger charge is -2.13. The summed E-state index contributed by atoms with van der Waals surface area (Å²) < 4.78 is 11.8. The van der Waals surface area contributed by atoms with Gasteiger partial charge in [-0.1, -0.05) is 44.5 Å². The summed E-state index contributed by atoms with van der Waals surface area (Å²) >= 11 is 0. The molecule has 0 N–H and O–H groups in total. The summed E-state index contributed by atoms with van der Waals surface area (Å²) in [7, 11) is 0. The van der Waals surface area contributed by atoms with Crippen molar-refractivity contribution in [1.29, 1.82) is 0 Å². The van der Waals surface area contributed by atoms with Crippen molar-refractivity contribution >= 4 is 0 Å². The zero-order chi connectivity index (χ0) is 16.7. The van der Waals surface area contributed by atoms with Gasteiger partial charge in [0, 0.05) is 0 Å². The Kier molecular flexibility index (Phi) is 6.52. The number of unbranched alkanes of at least 4 members (excludes halogenated alkanes) is 1. The standard InChI is InChI=1S/C21H28O2/c1-5-7-13-23-21-15-19(11-9-17(21)4)18-10-8-16(3)20(14-18)22-12-6-2/h8-11,14-15H,5-7,12-13H2,1-4H3. The molecule has 0 aliphatic rings. The molecule has 0 aromatic heterocycles. The van der Waals surface area contributed by atoms with E-state index in [1.54, 1.807) is 0 Å². The quantitative estimate of drug-likeness (QED) is 0.562. The van der Waals surface area contributed by atoms with Crippen LogP contribution >= 0.6 is 0 Å². The number of aryl methyl sites for hydroxylation is 2. The smallest absolute Gasteiger partial charge is 0.122 e. The Labute approximate surface area is 140 Å². The van der Waals surface area contributed by atoms with E-state index in [-0.39, 0.29) is 0 Å². The molecule has 0 amide bonds. The number of hydrogen-bond acceptors (Lipinski definition) is 2. The van der Waals surface area contributed by atoms with Gasteiger partial charge >= 0.3 is 0 Å². The first kappa shape index (κ1) is 17.4. The van der Waals surface area contributed by atoms with E-state index in [4.69, 9.17) is 9.47 Å². The van der Waals surface area contributed by atoms with Gasteiger partial charge in [0.05, 0.1) is 13.2 Å². The third-order valence-electron chi connectivity index (χ3n) is 3.93. The molecule has 0 aliphatic heterocycles. The monoisotopic (exact) mass is 312 g/mol. The molecule has 0 saturated carbocycles. The molecule has 0 unspecified atom stereocenters. The molecule has 0 saturated heterocycles. The lowest BCUT2D eigenvalue weighted by Crippen LogP contribution is -1.99. The van der Waals surface area contributed by atoms with Crippen LogP contribution in [0.2, 0.25) is 0 Å². The Bertz CT molecular complexity index is 632. The van der Waals surface area contributed by atoms with E-state index in [1.807, 2.05) is 0 Å². The van der Waals surface area contributed by atoms with E-state index in [2.05, 4.69) is 64.1 Å². The van der Waals surface area contributed by atoms with Gasteiger partial charge in [0.15, 0.2) is 0 Å². The fourth-order valence-electron chi connectivity index (χ4n) is 2.41. The average Bonchev–Trinajstić information content (AvgIpc) is 2.56. The van der Waals surface area contributed by atoms with Crippen molar-refractivity contribution in [2.45, 2.75) is 47.0 Å². The molecule has 0 aliphatic carbocycles. The number of ether oxygens (including phenoxy) is 2. The molecule has 2 aromatic rings. The van der Waals surface area contributed by atoms with Gasteiger partial charge in [0.1, 0.15) is 11.5 Å². The number of hydrogen-bond donors (Lipinski definition) is 0. The van der Waals surface area contributed by atoms with Gasteiger partial charge in [-0.25, -0.2) is 0 Å². The van der Waals surface area contributed by atoms with Crippen molar-refractivity contribution in [3.8, 4) is 22.6 Å². The van der Waals surface area contributed by atoms with Crippen molar-refractivity contribution in [3.63, 3.8) is 0 Å². The van der Waals surface area contributed by atoms with Crippen LogP contribution in [0.1, 0.15) is 44.2 Å². The van der Waals surface area contributed by atoms with Crippen LogP contribution in [0.3, 0.4) is 0 Å². The van der Waals surface area contributed by atoms with Crippen molar-refractivity contribution in [2.24, 2.45) is 0 Å². The van der Waals surface area contributed by atoms with E-state index < -0.39 is 0 Å². The average molecular weight is 312 g/mol. The van der Waals surface area contributed by atoms with Crippen LogP contribution in [-0.4, -0.2) is 13.2 Å². The summed E-state index contributed by atoms with van der Waals surface area (Å²) in [6.45, 7) is 10.0. The summed E-state index contributed by atoms with van der Waals surface area (Å²) in [6.07, 6.45) is 3.25. The maximum absolute atomic E-state index is 5.93. The highest BCUT2D eigenvalue weighted by atomic mass is 16.5. The molecule has 0 heterocycles. The van der Waals surface area contributed by atoms with Crippen LogP contribution in [0, 0.1) is 13.8 Å². The predicted octanol–water partition coefficient (Wildman–Crippen LogP) is 5.94. The zero-order valence-electron chi connectivity index (χ0n) is 14.8. The second-order valence-corrected chi connectivity index (χ2v) is 6.01. The maximum atomic E-state index is 5.93. The molecule has 0 atom stereocenters. The van der Waals surface area contributed by atoms with Gasteiger partial charge < -0.3 is 9.47 Å². The van der Waals surface area contributed by atoms with Crippen molar-refractivity contribution in [3.05, 3.63) is 47.5 Å². The van der Waals surface area contributed by atoms with Crippen molar-refractivity contribution < 1.29 is 9.47 Å². The molecular weight excluding hydrogens is 284 g/mol. The molecule has 0 bridgehead atoms. The number of rotatable bonds is 8. The van der Waals surface area contributed by atoms with Crippen LogP contribution in [0.25, 0.3) is 11.1 Å². The molecule has 0 fully saturated rings. The van der Waals surface area contributed by atoms with Gasteiger partial charge in [-0.05, 0) is 61.1 Å². The molecular formula is C21H28O2.